The first-order chi connectivity index (χ1) is 10.5. The molecule has 1 aromatic carbocycles. The van der Waals surface area contributed by atoms with Gasteiger partial charge in [-0.05, 0) is 12.5 Å². The highest BCUT2D eigenvalue weighted by Gasteiger charge is 2.23. The Balaban J connectivity index is 2.06. The smallest absolute Gasteiger partial charge is 0.269 e. The Kier molecular flexibility index (Phi) is 3.53. The molecule has 0 aliphatic heterocycles. The summed E-state index contributed by atoms with van der Waals surface area (Å²) in [5.41, 5.74) is 1.35. The Morgan fingerprint density at radius 3 is 2.59 bits per heavy atom. The van der Waals surface area contributed by atoms with Gasteiger partial charge in [-0.2, -0.15) is 9.50 Å². The Bertz CT molecular complexity index is 920. The van der Waals surface area contributed by atoms with Crippen LogP contribution in [0.5, 0.6) is 5.88 Å². The number of methoxy groups -OCH3 is 1. The van der Waals surface area contributed by atoms with Crippen molar-refractivity contribution in [2.24, 2.45) is 0 Å². The monoisotopic (exact) mass is 318 g/mol. The van der Waals surface area contributed by atoms with Crippen molar-refractivity contribution in [3.05, 3.63) is 47.7 Å². The maximum Gasteiger partial charge on any atom is 0.269 e. The van der Waals surface area contributed by atoms with Gasteiger partial charge in [-0.25, -0.2) is 13.4 Å². The average Bonchev–Trinajstić information content (AvgIpc) is 2.91. The van der Waals surface area contributed by atoms with Gasteiger partial charge in [0.15, 0.2) is 0 Å². The highest BCUT2D eigenvalue weighted by Crippen LogP contribution is 2.17. The molecule has 7 nitrogen and oxygen atoms in total. The first kappa shape index (κ1) is 14.5. The third-order valence-electron chi connectivity index (χ3n) is 3.07. The van der Waals surface area contributed by atoms with Gasteiger partial charge in [0.2, 0.25) is 15.7 Å². The first-order valence-corrected chi connectivity index (χ1v) is 8.20. The molecule has 22 heavy (non-hydrogen) atoms. The van der Waals surface area contributed by atoms with E-state index in [0.717, 1.165) is 0 Å². The second-order valence-electron chi connectivity index (χ2n) is 4.79. The SMILES string of the molecule is COc1cc(C)nc2nc(S(=O)(=O)Cc3ccccc3)nn12. The lowest BCUT2D eigenvalue weighted by Gasteiger charge is -2.02. The van der Waals surface area contributed by atoms with Crippen molar-refractivity contribution < 1.29 is 13.2 Å². The minimum absolute atomic E-state index is 0.161. The lowest BCUT2D eigenvalue weighted by Crippen LogP contribution is -2.07. The van der Waals surface area contributed by atoms with Crippen molar-refractivity contribution in [3.8, 4) is 5.88 Å². The third-order valence-corrected chi connectivity index (χ3v) is 4.52. The molecule has 0 radical (unpaired) electrons. The van der Waals surface area contributed by atoms with Crippen molar-refractivity contribution in [1.29, 1.82) is 0 Å². The van der Waals surface area contributed by atoms with Crippen LogP contribution in [0.15, 0.2) is 41.6 Å². The molecule has 0 aliphatic carbocycles. The normalized spacial score (nSPS) is 11.7. The summed E-state index contributed by atoms with van der Waals surface area (Å²) in [6.45, 7) is 1.77. The quantitative estimate of drug-likeness (QED) is 0.723. The molecule has 0 fully saturated rings. The van der Waals surface area contributed by atoms with E-state index in [0.29, 0.717) is 17.1 Å². The molecule has 0 unspecified atom stereocenters. The van der Waals surface area contributed by atoms with E-state index in [1.807, 2.05) is 6.07 Å². The predicted octanol–water partition coefficient (Wildman–Crippen LogP) is 1.42. The van der Waals surface area contributed by atoms with Crippen molar-refractivity contribution in [3.63, 3.8) is 0 Å². The van der Waals surface area contributed by atoms with Gasteiger partial charge in [-0.15, -0.1) is 5.10 Å². The molecule has 0 aliphatic rings. The van der Waals surface area contributed by atoms with E-state index in [4.69, 9.17) is 4.74 Å². The molecule has 3 rings (SSSR count). The molecule has 3 aromatic rings. The Hall–Kier alpha value is -2.48. The molecule has 2 aromatic heterocycles. The number of sulfone groups is 1. The summed E-state index contributed by atoms with van der Waals surface area (Å²) in [6.07, 6.45) is 0. The summed E-state index contributed by atoms with van der Waals surface area (Å²) in [4.78, 5) is 8.19. The molecule has 0 spiro atoms. The highest BCUT2D eigenvalue weighted by atomic mass is 32.2. The minimum Gasteiger partial charge on any atom is -0.481 e. The number of aromatic nitrogens is 4. The van der Waals surface area contributed by atoms with Crippen LogP contribution < -0.4 is 4.74 Å². The van der Waals surface area contributed by atoms with Crippen LogP contribution in [-0.4, -0.2) is 35.1 Å². The summed E-state index contributed by atoms with van der Waals surface area (Å²) in [7, 11) is -2.17. The van der Waals surface area contributed by atoms with Crippen molar-refractivity contribution >= 4 is 15.6 Å². The number of benzene rings is 1. The molecule has 0 atom stereocenters. The summed E-state index contributed by atoms with van der Waals surface area (Å²) in [6, 6.07) is 10.6. The van der Waals surface area contributed by atoms with E-state index in [-0.39, 0.29) is 16.7 Å². The second kappa shape index (κ2) is 5.38. The van der Waals surface area contributed by atoms with Crippen molar-refractivity contribution in [2.45, 2.75) is 17.8 Å². The number of hydrogen-bond acceptors (Lipinski definition) is 6. The van der Waals surface area contributed by atoms with Crippen LogP contribution in [-0.2, 0) is 15.6 Å². The van der Waals surface area contributed by atoms with Crippen molar-refractivity contribution in [2.75, 3.05) is 7.11 Å². The lowest BCUT2D eigenvalue weighted by atomic mass is 10.2. The lowest BCUT2D eigenvalue weighted by molar-refractivity contribution is 0.383. The van der Waals surface area contributed by atoms with E-state index < -0.39 is 9.84 Å². The Morgan fingerprint density at radius 1 is 1.18 bits per heavy atom. The van der Waals surface area contributed by atoms with Crippen molar-refractivity contribution in [1.82, 2.24) is 19.6 Å². The number of fused-ring (bicyclic) bond motifs is 1. The Labute approximate surface area is 127 Å². The Morgan fingerprint density at radius 2 is 1.91 bits per heavy atom. The largest absolute Gasteiger partial charge is 0.481 e. The maximum atomic E-state index is 12.4. The number of rotatable bonds is 4. The van der Waals surface area contributed by atoms with Crippen LogP contribution in [0.25, 0.3) is 5.78 Å². The van der Waals surface area contributed by atoms with Gasteiger partial charge >= 0.3 is 0 Å². The molecule has 8 heteroatoms. The van der Waals surface area contributed by atoms with E-state index in [2.05, 4.69) is 15.1 Å². The molecule has 0 bridgehead atoms. The number of nitrogens with zero attached hydrogens (tertiary/aromatic N) is 4. The topological polar surface area (TPSA) is 86.5 Å². The molecular weight excluding hydrogens is 304 g/mol. The first-order valence-electron chi connectivity index (χ1n) is 6.55. The maximum absolute atomic E-state index is 12.4. The number of aryl methyl sites for hydroxylation is 1. The fourth-order valence-electron chi connectivity index (χ4n) is 2.07. The van der Waals surface area contributed by atoms with Gasteiger partial charge in [-0.1, -0.05) is 30.3 Å². The zero-order valence-corrected chi connectivity index (χ0v) is 12.9. The molecule has 0 saturated carbocycles. The molecule has 0 amide bonds. The van der Waals surface area contributed by atoms with E-state index in [1.165, 1.54) is 11.6 Å². The standard InChI is InChI=1S/C14H14N4O3S/c1-10-8-12(21-2)18-13(15-10)16-14(17-18)22(19,20)9-11-6-4-3-5-7-11/h3-8H,9H2,1-2H3. The number of hydrogen-bond donors (Lipinski definition) is 0. The molecule has 114 valence electrons. The van der Waals surface area contributed by atoms with Crippen LogP contribution in [0, 0.1) is 6.92 Å². The fourth-order valence-corrected chi connectivity index (χ4v) is 3.26. The van der Waals surface area contributed by atoms with E-state index in [9.17, 15) is 8.42 Å². The summed E-state index contributed by atoms with van der Waals surface area (Å²) in [5.74, 6) is 0.422. The second-order valence-corrected chi connectivity index (χ2v) is 6.67. The van der Waals surface area contributed by atoms with Crippen LogP contribution >= 0.6 is 0 Å². The summed E-state index contributed by atoms with van der Waals surface area (Å²) in [5, 5.41) is 3.77. The number of ether oxygens (including phenoxy) is 1. The third kappa shape index (κ3) is 2.64. The zero-order chi connectivity index (χ0) is 15.7. The van der Waals surface area contributed by atoms with Gasteiger partial charge in [0.1, 0.15) is 0 Å². The molecule has 0 N–H and O–H groups in total. The average molecular weight is 318 g/mol. The molecule has 0 saturated heterocycles. The van der Waals surface area contributed by atoms with Gasteiger partial charge in [0.25, 0.3) is 10.9 Å². The van der Waals surface area contributed by atoms with Gasteiger partial charge in [-0.3, -0.25) is 0 Å². The molecule has 2 heterocycles. The minimum atomic E-state index is -3.65. The van der Waals surface area contributed by atoms with Gasteiger partial charge in [0.05, 0.1) is 12.9 Å². The van der Waals surface area contributed by atoms with Crippen LogP contribution in [0.4, 0.5) is 0 Å². The predicted molar refractivity (Wildman–Crippen MR) is 79.4 cm³/mol. The van der Waals surface area contributed by atoms with Crippen LogP contribution in [0.3, 0.4) is 0 Å². The van der Waals surface area contributed by atoms with E-state index >= 15 is 0 Å². The van der Waals surface area contributed by atoms with Crippen LogP contribution in [0.1, 0.15) is 11.3 Å². The van der Waals surface area contributed by atoms with E-state index in [1.54, 1.807) is 37.3 Å². The summed E-state index contributed by atoms with van der Waals surface area (Å²) >= 11 is 0. The van der Waals surface area contributed by atoms with Crippen LogP contribution in [0.2, 0.25) is 0 Å². The van der Waals surface area contributed by atoms with Gasteiger partial charge < -0.3 is 4.74 Å². The highest BCUT2D eigenvalue weighted by molar-refractivity contribution is 7.90. The summed E-state index contributed by atoms with van der Waals surface area (Å²) < 4.78 is 31.4. The zero-order valence-electron chi connectivity index (χ0n) is 12.1. The molecular formula is C14H14N4O3S. The van der Waals surface area contributed by atoms with Gasteiger partial charge in [0, 0.05) is 11.8 Å². The fraction of sp³-hybridized carbons (Fsp3) is 0.214.